The van der Waals surface area contributed by atoms with Gasteiger partial charge in [0.15, 0.2) is 0 Å². The van der Waals surface area contributed by atoms with Crippen LogP contribution in [-0.2, 0) is 28.0 Å². The summed E-state index contributed by atoms with van der Waals surface area (Å²) in [5.74, 6) is -0.590. The van der Waals surface area contributed by atoms with Crippen molar-refractivity contribution in [3.8, 4) is 0 Å². The highest BCUT2D eigenvalue weighted by molar-refractivity contribution is 7.89. The Labute approximate surface area is 161 Å². The number of halogens is 1. The third-order valence-electron chi connectivity index (χ3n) is 3.77. The summed E-state index contributed by atoms with van der Waals surface area (Å²) in [4.78, 5) is 24.4. The van der Waals surface area contributed by atoms with Gasteiger partial charge < -0.3 is 10.4 Å². The molecule has 9 nitrogen and oxygen atoms in total. The Balaban J connectivity index is 2.26. The minimum absolute atomic E-state index is 0.0104. The van der Waals surface area contributed by atoms with E-state index in [1.165, 1.54) is 20.2 Å². The van der Waals surface area contributed by atoms with Gasteiger partial charge in [-0.2, -0.15) is 5.10 Å². The van der Waals surface area contributed by atoms with Gasteiger partial charge >= 0.3 is 0 Å². The van der Waals surface area contributed by atoms with Crippen molar-refractivity contribution >= 4 is 33.2 Å². The Kier molecular flexibility index (Phi) is 6.37. The highest BCUT2D eigenvalue weighted by Crippen LogP contribution is 2.22. The van der Waals surface area contributed by atoms with Crippen molar-refractivity contribution in [1.29, 1.82) is 0 Å². The number of nitrogens with zero attached hydrogens (tertiary/aromatic N) is 3. The standard InChI is InChI=1S/C16H19ClN4O5S/c1-10-4-5-11(6-14(10)27(25,26)20(2)3)19-15(23)8-21-16(24)12(9-22)13(17)7-18-21/h4-7,22H,8-9H2,1-3H3,(H,19,23). The van der Waals surface area contributed by atoms with Crippen molar-refractivity contribution < 1.29 is 18.3 Å². The van der Waals surface area contributed by atoms with Crippen LogP contribution in [0.25, 0.3) is 0 Å². The molecule has 0 unspecified atom stereocenters. The minimum atomic E-state index is -3.67. The second-order valence-electron chi connectivity index (χ2n) is 5.91. The number of rotatable bonds is 6. The van der Waals surface area contributed by atoms with Gasteiger partial charge in [0.1, 0.15) is 6.54 Å². The number of aryl methyl sites for hydroxylation is 1. The number of aromatic nitrogens is 2. The number of carbonyl (C=O) groups excluding carboxylic acids is 1. The van der Waals surface area contributed by atoms with Crippen LogP contribution in [-0.4, -0.2) is 47.6 Å². The Hall–Kier alpha value is -2.27. The Bertz CT molecular complexity index is 1030. The largest absolute Gasteiger partial charge is 0.391 e. The first kappa shape index (κ1) is 21.0. The molecule has 11 heteroatoms. The summed E-state index contributed by atoms with van der Waals surface area (Å²) in [5, 5.41) is 15.5. The van der Waals surface area contributed by atoms with E-state index < -0.39 is 34.6 Å². The van der Waals surface area contributed by atoms with E-state index in [4.69, 9.17) is 11.6 Å². The second kappa shape index (κ2) is 8.17. The minimum Gasteiger partial charge on any atom is -0.391 e. The molecule has 0 saturated heterocycles. The molecule has 2 aromatic rings. The smallest absolute Gasteiger partial charge is 0.274 e. The van der Waals surface area contributed by atoms with E-state index in [1.807, 2.05) is 0 Å². The van der Waals surface area contributed by atoms with E-state index in [2.05, 4.69) is 10.4 Å². The van der Waals surface area contributed by atoms with Gasteiger partial charge in [0.2, 0.25) is 15.9 Å². The molecule has 0 aliphatic heterocycles. The lowest BCUT2D eigenvalue weighted by Gasteiger charge is -2.15. The second-order valence-corrected chi connectivity index (χ2v) is 8.44. The van der Waals surface area contributed by atoms with Gasteiger partial charge in [-0.15, -0.1) is 0 Å². The molecule has 0 fully saturated rings. The number of sulfonamides is 1. The molecular weight excluding hydrogens is 396 g/mol. The van der Waals surface area contributed by atoms with E-state index in [9.17, 15) is 23.1 Å². The van der Waals surface area contributed by atoms with Crippen LogP contribution in [0.1, 0.15) is 11.1 Å². The summed E-state index contributed by atoms with van der Waals surface area (Å²) < 4.78 is 26.6. The summed E-state index contributed by atoms with van der Waals surface area (Å²) in [7, 11) is -0.845. The molecule has 0 atom stereocenters. The van der Waals surface area contributed by atoms with Crippen molar-refractivity contribution in [2.45, 2.75) is 25.0 Å². The molecule has 0 radical (unpaired) electrons. The van der Waals surface area contributed by atoms with Gasteiger partial charge in [0.25, 0.3) is 5.56 Å². The number of hydrogen-bond acceptors (Lipinski definition) is 6. The van der Waals surface area contributed by atoms with Gasteiger partial charge in [0.05, 0.1) is 28.3 Å². The molecular formula is C16H19ClN4O5S. The van der Waals surface area contributed by atoms with Crippen LogP contribution in [0.4, 0.5) is 5.69 Å². The van der Waals surface area contributed by atoms with Crippen molar-refractivity contribution in [3.63, 3.8) is 0 Å². The average molecular weight is 415 g/mol. The average Bonchev–Trinajstić information content (AvgIpc) is 2.59. The highest BCUT2D eigenvalue weighted by atomic mass is 35.5. The normalized spacial score (nSPS) is 11.6. The Morgan fingerprint density at radius 1 is 1.37 bits per heavy atom. The number of benzene rings is 1. The van der Waals surface area contributed by atoms with Crippen LogP contribution in [0.2, 0.25) is 5.02 Å². The summed E-state index contributed by atoms with van der Waals surface area (Å²) in [6.45, 7) is 0.647. The maximum Gasteiger partial charge on any atom is 0.274 e. The van der Waals surface area contributed by atoms with E-state index in [0.29, 0.717) is 5.56 Å². The zero-order chi connectivity index (χ0) is 20.4. The molecule has 1 amide bonds. The lowest BCUT2D eigenvalue weighted by atomic mass is 10.2. The van der Waals surface area contributed by atoms with Gasteiger partial charge in [-0.25, -0.2) is 17.4 Å². The van der Waals surface area contributed by atoms with Gasteiger partial charge in [0, 0.05) is 19.8 Å². The number of amides is 1. The molecule has 2 rings (SSSR count). The zero-order valence-electron chi connectivity index (χ0n) is 14.9. The molecule has 146 valence electrons. The number of carbonyl (C=O) groups is 1. The number of hydrogen-bond donors (Lipinski definition) is 2. The van der Waals surface area contributed by atoms with Crippen molar-refractivity contribution in [3.05, 3.63) is 50.9 Å². The quantitative estimate of drug-likeness (QED) is 0.713. The molecule has 1 aromatic carbocycles. The van der Waals surface area contributed by atoms with E-state index >= 15 is 0 Å². The molecule has 0 bridgehead atoms. The fraction of sp³-hybridized carbons (Fsp3) is 0.312. The predicted molar refractivity (Wildman–Crippen MR) is 100 cm³/mol. The monoisotopic (exact) mass is 414 g/mol. The van der Waals surface area contributed by atoms with Gasteiger partial charge in [-0.3, -0.25) is 9.59 Å². The summed E-state index contributed by atoms with van der Waals surface area (Å²) in [6, 6.07) is 4.47. The maximum absolute atomic E-state index is 12.4. The van der Waals surface area contributed by atoms with Crippen LogP contribution < -0.4 is 10.9 Å². The predicted octanol–water partition coefficient (Wildman–Crippen LogP) is 0.586. The van der Waals surface area contributed by atoms with Crippen LogP contribution in [0.15, 0.2) is 34.1 Å². The number of nitrogens with one attached hydrogen (secondary N) is 1. The summed E-state index contributed by atoms with van der Waals surface area (Å²) >= 11 is 5.77. The molecule has 0 saturated carbocycles. The van der Waals surface area contributed by atoms with E-state index in [0.717, 1.165) is 15.2 Å². The first-order valence-corrected chi connectivity index (χ1v) is 9.58. The first-order chi connectivity index (χ1) is 12.6. The molecule has 1 heterocycles. The topological polar surface area (TPSA) is 122 Å². The molecule has 0 spiro atoms. The third kappa shape index (κ3) is 4.53. The van der Waals surface area contributed by atoms with Crippen molar-refractivity contribution in [2.75, 3.05) is 19.4 Å². The SMILES string of the molecule is Cc1ccc(NC(=O)Cn2ncc(Cl)c(CO)c2=O)cc1S(=O)(=O)N(C)C. The summed E-state index contributed by atoms with van der Waals surface area (Å²) in [5.41, 5.74) is 0.0504. The molecule has 27 heavy (non-hydrogen) atoms. The Morgan fingerprint density at radius 2 is 2.04 bits per heavy atom. The Morgan fingerprint density at radius 3 is 2.63 bits per heavy atom. The lowest BCUT2D eigenvalue weighted by molar-refractivity contribution is -0.117. The fourth-order valence-electron chi connectivity index (χ4n) is 2.25. The van der Waals surface area contributed by atoms with E-state index in [-0.39, 0.29) is 21.2 Å². The first-order valence-electron chi connectivity index (χ1n) is 7.76. The fourth-order valence-corrected chi connectivity index (χ4v) is 3.58. The number of anilines is 1. The van der Waals surface area contributed by atoms with Gasteiger partial charge in [-0.1, -0.05) is 17.7 Å². The number of aliphatic hydroxyl groups excluding tert-OH is 1. The lowest BCUT2D eigenvalue weighted by Crippen LogP contribution is -2.31. The zero-order valence-corrected chi connectivity index (χ0v) is 16.5. The van der Waals surface area contributed by atoms with E-state index in [1.54, 1.807) is 19.1 Å². The van der Waals surface area contributed by atoms with Crippen molar-refractivity contribution in [2.24, 2.45) is 0 Å². The summed E-state index contributed by atoms with van der Waals surface area (Å²) in [6.07, 6.45) is 1.16. The van der Waals surface area contributed by atoms with Crippen LogP contribution in [0.5, 0.6) is 0 Å². The molecule has 0 aliphatic carbocycles. The third-order valence-corrected chi connectivity index (χ3v) is 6.06. The van der Waals surface area contributed by atoms with Crippen LogP contribution in [0, 0.1) is 6.92 Å². The number of aliphatic hydroxyl groups is 1. The molecule has 1 aromatic heterocycles. The van der Waals surface area contributed by atoms with Crippen LogP contribution in [0.3, 0.4) is 0 Å². The molecule has 2 N–H and O–H groups in total. The van der Waals surface area contributed by atoms with Crippen molar-refractivity contribution in [1.82, 2.24) is 14.1 Å². The van der Waals surface area contributed by atoms with Crippen LogP contribution >= 0.6 is 11.6 Å². The maximum atomic E-state index is 12.4. The van der Waals surface area contributed by atoms with Gasteiger partial charge in [-0.05, 0) is 24.6 Å². The molecule has 0 aliphatic rings. The highest BCUT2D eigenvalue weighted by Gasteiger charge is 2.20.